The van der Waals surface area contributed by atoms with Gasteiger partial charge < -0.3 is 15.0 Å². The second kappa shape index (κ2) is 4.81. The van der Waals surface area contributed by atoms with E-state index in [2.05, 4.69) is 21.2 Å². The molecule has 1 aromatic heterocycles. The molecule has 0 saturated heterocycles. The van der Waals surface area contributed by atoms with Crippen molar-refractivity contribution in [2.45, 2.75) is 0 Å². The second-order valence-corrected chi connectivity index (χ2v) is 4.69. The zero-order chi connectivity index (χ0) is 13.3. The van der Waals surface area contributed by atoms with Crippen LogP contribution < -0.4 is 5.32 Å². The number of aryl methyl sites for hydroxylation is 1. The molecule has 1 aromatic carbocycles. The summed E-state index contributed by atoms with van der Waals surface area (Å²) in [6, 6.07) is 5.33. The van der Waals surface area contributed by atoms with Crippen molar-refractivity contribution in [1.29, 1.82) is 0 Å². The molecule has 0 aliphatic rings. The number of phenolic OH excluding ortho intramolecular Hbond substituents is 1. The highest BCUT2D eigenvalue weighted by Gasteiger charge is 2.12. The largest absolute Gasteiger partial charge is 0.505 e. The molecular formula is C12H10BrFN2O2. The number of anilines is 1. The van der Waals surface area contributed by atoms with Gasteiger partial charge in [-0.3, -0.25) is 4.79 Å². The maximum atomic E-state index is 13.1. The molecule has 94 valence electrons. The van der Waals surface area contributed by atoms with Crippen molar-refractivity contribution >= 4 is 27.5 Å². The van der Waals surface area contributed by atoms with Crippen LogP contribution in [0, 0.1) is 5.82 Å². The quantitative estimate of drug-likeness (QED) is 0.838. The average Bonchev–Trinajstić information content (AvgIpc) is 2.63. The lowest BCUT2D eigenvalue weighted by atomic mass is 10.2. The van der Waals surface area contributed by atoms with Crippen LogP contribution in [0.3, 0.4) is 0 Å². The molecule has 1 amide bonds. The summed E-state index contributed by atoms with van der Waals surface area (Å²) in [5, 5.41) is 11.6. The van der Waals surface area contributed by atoms with E-state index in [1.807, 2.05) is 0 Å². The minimum atomic E-state index is -0.777. The van der Waals surface area contributed by atoms with Crippen LogP contribution in [0.5, 0.6) is 5.75 Å². The van der Waals surface area contributed by atoms with Crippen LogP contribution in [-0.2, 0) is 7.05 Å². The van der Waals surface area contributed by atoms with Crippen LogP contribution >= 0.6 is 15.9 Å². The van der Waals surface area contributed by atoms with E-state index >= 15 is 0 Å². The normalized spacial score (nSPS) is 10.4. The minimum absolute atomic E-state index is 0.285. The van der Waals surface area contributed by atoms with Gasteiger partial charge >= 0.3 is 0 Å². The molecule has 6 heteroatoms. The van der Waals surface area contributed by atoms with Crippen LogP contribution in [0.15, 0.2) is 34.9 Å². The highest BCUT2D eigenvalue weighted by molar-refractivity contribution is 9.10. The van der Waals surface area contributed by atoms with E-state index in [9.17, 15) is 9.18 Å². The van der Waals surface area contributed by atoms with E-state index in [1.54, 1.807) is 23.9 Å². The van der Waals surface area contributed by atoms with Crippen molar-refractivity contribution in [2.75, 3.05) is 5.32 Å². The topological polar surface area (TPSA) is 54.3 Å². The summed E-state index contributed by atoms with van der Waals surface area (Å²) in [4.78, 5) is 11.9. The smallest absolute Gasteiger partial charge is 0.272 e. The maximum Gasteiger partial charge on any atom is 0.272 e. The van der Waals surface area contributed by atoms with Gasteiger partial charge in [-0.1, -0.05) is 0 Å². The SMILES string of the molecule is Cn1cc(Br)cc1C(=O)Nc1ccc(O)c(F)c1. The predicted molar refractivity (Wildman–Crippen MR) is 69.1 cm³/mol. The monoisotopic (exact) mass is 312 g/mol. The van der Waals surface area contributed by atoms with Gasteiger partial charge in [-0.15, -0.1) is 0 Å². The molecule has 0 saturated carbocycles. The highest BCUT2D eigenvalue weighted by Crippen LogP contribution is 2.20. The summed E-state index contributed by atoms with van der Waals surface area (Å²) in [5.41, 5.74) is 0.725. The first-order valence-corrected chi connectivity index (χ1v) is 5.88. The number of rotatable bonds is 2. The molecule has 1 heterocycles. The van der Waals surface area contributed by atoms with E-state index in [0.29, 0.717) is 5.69 Å². The van der Waals surface area contributed by atoms with Gasteiger partial charge in [0.1, 0.15) is 5.69 Å². The van der Waals surface area contributed by atoms with Gasteiger partial charge in [0.2, 0.25) is 0 Å². The number of nitrogens with one attached hydrogen (secondary N) is 1. The molecule has 2 rings (SSSR count). The molecule has 4 nitrogen and oxygen atoms in total. The Morgan fingerprint density at radius 1 is 1.44 bits per heavy atom. The Morgan fingerprint density at radius 3 is 2.72 bits per heavy atom. The molecule has 0 aliphatic heterocycles. The first-order chi connectivity index (χ1) is 8.47. The molecule has 18 heavy (non-hydrogen) atoms. The number of nitrogens with zero attached hydrogens (tertiary/aromatic N) is 1. The van der Waals surface area contributed by atoms with Crippen molar-refractivity contribution in [1.82, 2.24) is 4.57 Å². The van der Waals surface area contributed by atoms with Gasteiger partial charge in [-0.2, -0.15) is 0 Å². The maximum absolute atomic E-state index is 13.1. The molecule has 0 unspecified atom stereocenters. The predicted octanol–water partition coefficient (Wildman–Crippen LogP) is 2.88. The van der Waals surface area contributed by atoms with Crippen molar-refractivity contribution in [3.05, 3.63) is 46.4 Å². The third-order valence-corrected chi connectivity index (χ3v) is 2.84. The summed E-state index contributed by atoms with van der Waals surface area (Å²) in [5.74, 6) is -1.58. The van der Waals surface area contributed by atoms with Crippen LogP contribution in [0.1, 0.15) is 10.5 Å². The number of carbonyl (C=O) groups excluding carboxylic acids is 1. The van der Waals surface area contributed by atoms with Crippen molar-refractivity contribution in [2.24, 2.45) is 7.05 Å². The molecule has 2 N–H and O–H groups in total. The Hall–Kier alpha value is -1.82. The van der Waals surface area contributed by atoms with Crippen molar-refractivity contribution in [3.63, 3.8) is 0 Å². The second-order valence-electron chi connectivity index (χ2n) is 3.77. The molecule has 0 spiro atoms. The Kier molecular flexibility index (Phi) is 3.38. The summed E-state index contributed by atoms with van der Waals surface area (Å²) in [6.45, 7) is 0. The first kappa shape index (κ1) is 12.6. The Morgan fingerprint density at radius 2 is 2.17 bits per heavy atom. The van der Waals surface area contributed by atoms with Crippen LogP contribution in [-0.4, -0.2) is 15.6 Å². The van der Waals surface area contributed by atoms with Gasteiger partial charge in [-0.25, -0.2) is 4.39 Å². The number of phenols is 1. The third kappa shape index (κ3) is 2.53. The number of hydrogen-bond acceptors (Lipinski definition) is 2. The average molecular weight is 313 g/mol. The van der Waals surface area contributed by atoms with Gasteiger partial charge in [-0.05, 0) is 34.1 Å². The van der Waals surface area contributed by atoms with E-state index in [-0.39, 0.29) is 11.6 Å². The first-order valence-electron chi connectivity index (χ1n) is 5.09. The van der Waals surface area contributed by atoms with Crippen molar-refractivity contribution < 1.29 is 14.3 Å². The number of halogens is 2. The molecule has 0 fully saturated rings. The van der Waals surface area contributed by atoms with Crippen LogP contribution in [0.2, 0.25) is 0 Å². The summed E-state index contributed by atoms with van der Waals surface area (Å²) >= 11 is 3.26. The standard InChI is InChI=1S/C12H10BrFN2O2/c1-16-6-7(13)4-10(16)12(18)15-8-2-3-11(17)9(14)5-8/h2-6,17H,1H3,(H,15,18). The fraction of sp³-hybridized carbons (Fsp3) is 0.0833. The number of benzene rings is 1. The fourth-order valence-electron chi connectivity index (χ4n) is 1.53. The molecule has 2 aromatic rings. The summed E-state index contributed by atoms with van der Waals surface area (Å²) in [7, 11) is 1.73. The highest BCUT2D eigenvalue weighted by atomic mass is 79.9. The number of aromatic nitrogens is 1. The molecular weight excluding hydrogens is 303 g/mol. The number of hydrogen-bond donors (Lipinski definition) is 2. The lowest BCUT2D eigenvalue weighted by Gasteiger charge is -2.06. The van der Waals surface area contributed by atoms with Gasteiger partial charge in [0, 0.05) is 29.5 Å². The van der Waals surface area contributed by atoms with Gasteiger partial charge in [0.15, 0.2) is 11.6 Å². The zero-order valence-electron chi connectivity index (χ0n) is 9.45. The Labute approximate surface area is 111 Å². The number of amides is 1. The van der Waals surface area contributed by atoms with E-state index in [1.165, 1.54) is 12.1 Å². The number of aromatic hydroxyl groups is 1. The van der Waals surface area contributed by atoms with E-state index < -0.39 is 11.6 Å². The number of carbonyl (C=O) groups is 1. The van der Waals surface area contributed by atoms with E-state index in [0.717, 1.165) is 10.5 Å². The van der Waals surface area contributed by atoms with Gasteiger partial charge in [0.25, 0.3) is 5.91 Å². The van der Waals surface area contributed by atoms with Crippen LogP contribution in [0.25, 0.3) is 0 Å². The molecule has 0 radical (unpaired) electrons. The zero-order valence-corrected chi connectivity index (χ0v) is 11.0. The van der Waals surface area contributed by atoms with E-state index in [4.69, 9.17) is 5.11 Å². The summed E-state index contributed by atoms with van der Waals surface area (Å²) < 4.78 is 15.5. The lowest BCUT2D eigenvalue weighted by Crippen LogP contribution is -2.15. The Bertz CT molecular complexity index is 610. The van der Waals surface area contributed by atoms with Crippen molar-refractivity contribution in [3.8, 4) is 5.75 Å². The minimum Gasteiger partial charge on any atom is -0.505 e. The van der Waals surface area contributed by atoms with Crippen LogP contribution in [0.4, 0.5) is 10.1 Å². The summed E-state index contributed by atoms with van der Waals surface area (Å²) in [6.07, 6.45) is 1.74. The molecule has 0 atom stereocenters. The van der Waals surface area contributed by atoms with Gasteiger partial charge in [0.05, 0.1) is 0 Å². The lowest BCUT2D eigenvalue weighted by molar-refractivity contribution is 0.101. The Balaban J connectivity index is 2.21. The third-order valence-electron chi connectivity index (χ3n) is 2.41. The molecule has 0 bridgehead atoms. The molecule has 0 aliphatic carbocycles. The fourth-order valence-corrected chi connectivity index (χ4v) is 2.05.